The second-order valence-corrected chi connectivity index (χ2v) is 5.68. The molecule has 0 aromatic carbocycles. The highest BCUT2D eigenvalue weighted by molar-refractivity contribution is 5.74. The molecule has 0 bridgehead atoms. The van der Waals surface area contributed by atoms with Crippen molar-refractivity contribution in [1.82, 2.24) is 24.9 Å². The highest BCUT2D eigenvalue weighted by Crippen LogP contribution is 2.09. The van der Waals surface area contributed by atoms with Gasteiger partial charge in [0.1, 0.15) is 0 Å². The highest BCUT2D eigenvalue weighted by Gasteiger charge is 2.26. The topological polar surface area (TPSA) is 74.9 Å². The maximum absolute atomic E-state index is 12.4. The summed E-state index contributed by atoms with van der Waals surface area (Å²) >= 11 is 0. The van der Waals surface area contributed by atoms with E-state index in [0.29, 0.717) is 38.1 Å². The summed E-state index contributed by atoms with van der Waals surface area (Å²) in [5.41, 5.74) is 0. The standard InChI is InChI=1S/C14H23N5O3/c1-12-15-16-13(22-12)2-3-17-4-6-18(7-5-17)14(20)19-8-10-21-11-9-19/h2-11H2,1H3. The molecule has 0 saturated carbocycles. The van der Waals surface area contributed by atoms with Gasteiger partial charge in [-0.15, -0.1) is 10.2 Å². The molecule has 2 amide bonds. The summed E-state index contributed by atoms with van der Waals surface area (Å²) < 4.78 is 10.7. The van der Waals surface area contributed by atoms with Crippen LogP contribution in [-0.4, -0.2) is 90.0 Å². The van der Waals surface area contributed by atoms with Gasteiger partial charge in [-0.3, -0.25) is 4.90 Å². The first kappa shape index (κ1) is 15.2. The minimum atomic E-state index is 0.149. The van der Waals surface area contributed by atoms with Crippen molar-refractivity contribution in [1.29, 1.82) is 0 Å². The summed E-state index contributed by atoms with van der Waals surface area (Å²) in [6.45, 7) is 8.73. The lowest BCUT2D eigenvalue weighted by atomic mass is 10.3. The predicted octanol–water partition coefficient (Wildman–Crippen LogP) is -0.00968. The van der Waals surface area contributed by atoms with Gasteiger partial charge in [-0.2, -0.15) is 0 Å². The van der Waals surface area contributed by atoms with Gasteiger partial charge < -0.3 is 19.0 Å². The van der Waals surface area contributed by atoms with Gasteiger partial charge >= 0.3 is 6.03 Å². The molecule has 8 nitrogen and oxygen atoms in total. The lowest BCUT2D eigenvalue weighted by Crippen LogP contribution is -2.54. The van der Waals surface area contributed by atoms with Gasteiger partial charge in [0.2, 0.25) is 11.8 Å². The quantitative estimate of drug-likeness (QED) is 0.782. The molecule has 0 N–H and O–H groups in total. The van der Waals surface area contributed by atoms with Crippen molar-refractivity contribution in [3.8, 4) is 0 Å². The number of rotatable bonds is 3. The lowest BCUT2D eigenvalue weighted by molar-refractivity contribution is 0.0377. The van der Waals surface area contributed by atoms with Crippen molar-refractivity contribution in [2.45, 2.75) is 13.3 Å². The van der Waals surface area contributed by atoms with Crippen LogP contribution in [0.3, 0.4) is 0 Å². The van der Waals surface area contributed by atoms with Crippen LogP contribution >= 0.6 is 0 Å². The van der Waals surface area contributed by atoms with Crippen LogP contribution in [0.4, 0.5) is 4.79 Å². The number of piperazine rings is 1. The Morgan fingerprint density at radius 3 is 2.36 bits per heavy atom. The Morgan fingerprint density at radius 2 is 1.73 bits per heavy atom. The Kier molecular flexibility index (Phi) is 4.89. The van der Waals surface area contributed by atoms with Crippen LogP contribution < -0.4 is 0 Å². The molecule has 0 unspecified atom stereocenters. The van der Waals surface area contributed by atoms with E-state index in [1.165, 1.54) is 0 Å². The van der Waals surface area contributed by atoms with E-state index in [0.717, 1.165) is 39.1 Å². The maximum atomic E-state index is 12.4. The van der Waals surface area contributed by atoms with Crippen molar-refractivity contribution in [2.24, 2.45) is 0 Å². The normalized spacial score (nSPS) is 20.4. The van der Waals surface area contributed by atoms with Gasteiger partial charge in [0.05, 0.1) is 13.2 Å². The van der Waals surface area contributed by atoms with E-state index in [4.69, 9.17) is 9.15 Å². The first-order valence-electron chi connectivity index (χ1n) is 7.85. The van der Waals surface area contributed by atoms with E-state index in [1.807, 2.05) is 9.80 Å². The Bertz CT molecular complexity index is 492. The van der Waals surface area contributed by atoms with E-state index in [-0.39, 0.29) is 6.03 Å². The molecule has 3 rings (SSSR count). The molecule has 0 radical (unpaired) electrons. The molecule has 3 heterocycles. The fourth-order valence-corrected chi connectivity index (χ4v) is 2.81. The van der Waals surface area contributed by atoms with E-state index in [1.54, 1.807) is 6.92 Å². The van der Waals surface area contributed by atoms with Gasteiger partial charge in [0.15, 0.2) is 0 Å². The molecular formula is C14H23N5O3. The highest BCUT2D eigenvalue weighted by atomic mass is 16.5. The van der Waals surface area contributed by atoms with Crippen LogP contribution in [0, 0.1) is 6.92 Å². The number of hydrogen-bond donors (Lipinski definition) is 0. The van der Waals surface area contributed by atoms with Gasteiger partial charge in [-0.25, -0.2) is 4.79 Å². The van der Waals surface area contributed by atoms with Crippen molar-refractivity contribution in [3.05, 3.63) is 11.8 Å². The number of hydrogen-bond acceptors (Lipinski definition) is 6. The maximum Gasteiger partial charge on any atom is 0.320 e. The first-order chi connectivity index (χ1) is 10.7. The molecule has 8 heteroatoms. The van der Waals surface area contributed by atoms with Crippen LogP contribution in [0.2, 0.25) is 0 Å². The lowest BCUT2D eigenvalue weighted by Gasteiger charge is -2.38. The zero-order valence-corrected chi connectivity index (χ0v) is 13.0. The Labute approximate surface area is 130 Å². The Hall–Kier alpha value is -1.67. The summed E-state index contributed by atoms with van der Waals surface area (Å²) in [5.74, 6) is 1.29. The third-order valence-corrected chi connectivity index (χ3v) is 4.13. The van der Waals surface area contributed by atoms with Crippen LogP contribution in [0.25, 0.3) is 0 Å². The summed E-state index contributed by atoms with van der Waals surface area (Å²) in [6, 6.07) is 0.149. The van der Waals surface area contributed by atoms with Gasteiger partial charge in [0, 0.05) is 59.2 Å². The summed E-state index contributed by atoms with van der Waals surface area (Å²) in [6.07, 6.45) is 0.762. The molecule has 0 spiro atoms. The van der Waals surface area contributed by atoms with Crippen LogP contribution in [-0.2, 0) is 11.2 Å². The average Bonchev–Trinajstić information content (AvgIpc) is 2.99. The molecule has 1 aromatic heterocycles. The number of nitrogens with zero attached hydrogens (tertiary/aromatic N) is 5. The van der Waals surface area contributed by atoms with E-state index in [2.05, 4.69) is 15.1 Å². The van der Waals surface area contributed by atoms with Crippen LogP contribution in [0.5, 0.6) is 0 Å². The van der Waals surface area contributed by atoms with Gasteiger partial charge in [0.25, 0.3) is 0 Å². The molecule has 2 saturated heterocycles. The van der Waals surface area contributed by atoms with Crippen molar-refractivity contribution in [3.63, 3.8) is 0 Å². The average molecular weight is 309 g/mol. The molecular weight excluding hydrogens is 286 g/mol. The van der Waals surface area contributed by atoms with Crippen molar-refractivity contribution >= 4 is 6.03 Å². The zero-order valence-electron chi connectivity index (χ0n) is 13.0. The monoisotopic (exact) mass is 309 g/mol. The number of carbonyl (C=O) groups excluding carboxylic acids is 1. The molecule has 2 fully saturated rings. The SMILES string of the molecule is Cc1nnc(CCN2CCN(C(=O)N3CCOCC3)CC2)o1. The Balaban J connectivity index is 1.41. The summed E-state index contributed by atoms with van der Waals surface area (Å²) in [4.78, 5) is 18.6. The largest absolute Gasteiger partial charge is 0.426 e. The number of urea groups is 1. The number of amides is 2. The molecule has 0 atom stereocenters. The number of ether oxygens (including phenoxy) is 1. The molecule has 2 aliphatic rings. The molecule has 1 aromatic rings. The number of aryl methyl sites for hydroxylation is 1. The smallest absolute Gasteiger partial charge is 0.320 e. The zero-order chi connectivity index (χ0) is 15.4. The van der Waals surface area contributed by atoms with E-state index < -0.39 is 0 Å². The second kappa shape index (κ2) is 7.06. The minimum Gasteiger partial charge on any atom is -0.426 e. The third-order valence-electron chi connectivity index (χ3n) is 4.13. The van der Waals surface area contributed by atoms with E-state index >= 15 is 0 Å². The summed E-state index contributed by atoms with van der Waals surface area (Å²) in [5, 5.41) is 7.84. The third kappa shape index (κ3) is 3.75. The molecule has 2 aliphatic heterocycles. The molecule has 0 aliphatic carbocycles. The minimum absolute atomic E-state index is 0.149. The number of carbonyl (C=O) groups is 1. The fraction of sp³-hybridized carbons (Fsp3) is 0.786. The first-order valence-corrected chi connectivity index (χ1v) is 7.85. The number of morpholine rings is 1. The van der Waals surface area contributed by atoms with Crippen molar-refractivity contribution < 1.29 is 13.9 Å². The van der Waals surface area contributed by atoms with E-state index in [9.17, 15) is 4.79 Å². The van der Waals surface area contributed by atoms with Crippen LogP contribution in [0.1, 0.15) is 11.8 Å². The fourth-order valence-electron chi connectivity index (χ4n) is 2.81. The molecule has 22 heavy (non-hydrogen) atoms. The second-order valence-electron chi connectivity index (χ2n) is 5.68. The van der Waals surface area contributed by atoms with Crippen LogP contribution in [0.15, 0.2) is 4.42 Å². The summed E-state index contributed by atoms with van der Waals surface area (Å²) in [7, 11) is 0. The van der Waals surface area contributed by atoms with Gasteiger partial charge in [-0.05, 0) is 0 Å². The van der Waals surface area contributed by atoms with Gasteiger partial charge in [-0.1, -0.05) is 0 Å². The van der Waals surface area contributed by atoms with Crippen molar-refractivity contribution in [2.75, 3.05) is 59.0 Å². The molecule has 122 valence electrons. The Morgan fingerprint density at radius 1 is 1.05 bits per heavy atom. The number of aromatic nitrogens is 2. The predicted molar refractivity (Wildman–Crippen MR) is 78.5 cm³/mol.